The van der Waals surface area contributed by atoms with E-state index >= 15 is 0 Å². The minimum atomic E-state index is -0.00269. The third kappa shape index (κ3) is 2.94. The van der Waals surface area contributed by atoms with Crippen molar-refractivity contribution in [1.82, 2.24) is 0 Å². The summed E-state index contributed by atoms with van der Waals surface area (Å²) in [5.41, 5.74) is 2.64. The van der Waals surface area contributed by atoms with Crippen LogP contribution in [0.4, 0.5) is 5.88 Å². The van der Waals surface area contributed by atoms with Crippen LogP contribution in [0.1, 0.15) is 12.8 Å². The van der Waals surface area contributed by atoms with E-state index in [0.29, 0.717) is 23.5 Å². The van der Waals surface area contributed by atoms with Gasteiger partial charge in [-0.05, 0) is 24.5 Å². The average Bonchev–Trinajstić information content (AvgIpc) is 3.11. The normalized spacial score (nSPS) is 17.3. The van der Waals surface area contributed by atoms with E-state index in [9.17, 15) is 4.79 Å². The number of benzene rings is 2. The Morgan fingerprint density at radius 2 is 2.00 bits per heavy atom. The van der Waals surface area contributed by atoms with Gasteiger partial charge in [0.15, 0.2) is 11.3 Å². The number of ether oxygens (including phenoxy) is 1. The zero-order valence-electron chi connectivity index (χ0n) is 14.3. The van der Waals surface area contributed by atoms with Gasteiger partial charge in [0.05, 0.1) is 18.0 Å². The van der Waals surface area contributed by atoms with E-state index in [2.05, 4.69) is 4.90 Å². The molecule has 0 amide bonds. The number of nitrogens with zero attached hydrogens (tertiary/aromatic N) is 1. The topological polar surface area (TPSA) is 42.7 Å². The van der Waals surface area contributed by atoms with Crippen LogP contribution in [-0.2, 0) is 4.74 Å². The van der Waals surface area contributed by atoms with Crippen molar-refractivity contribution in [2.24, 2.45) is 0 Å². The van der Waals surface area contributed by atoms with Crippen LogP contribution in [0.25, 0.3) is 22.1 Å². The second-order valence-corrected chi connectivity index (χ2v) is 6.44. The Morgan fingerprint density at radius 1 is 1.16 bits per heavy atom. The highest BCUT2D eigenvalue weighted by Crippen LogP contribution is 2.32. The lowest BCUT2D eigenvalue weighted by Gasteiger charge is -2.24. The van der Waals surface area contributed by atoms with Crippen LogP contribution in [0.2, 0.25) is 0 Å². The first kappa shape index (κ1) is 15.9. The lowest BCUT2D eigenvalue weighted by molar-refractivity contribution is 0.179. The summed E-state index contributed by atoms with van der Waals surface area (Å²) in [4.78, 5) is 14.8. The van der Waals surface area contributed by atoms with Gasteiger partial charge in [-0.1, -0.05) is 42.5 Å². The fraction of sp³-hybridized carbons (Fsp3) is 0.286. The van der Waals surface area contributed by atoms with E-state index in [0.717, 1.165) is 30.5 Å². The van der Waals surface area contributed by atoms with Crippen LogP contribution < -0.4 is 10.3 Å². The molecule has 3 aromatic rings. The maximum absolute atomic E-state index is 12.7. The molecular formula is C21H21NO3. The van der Waals surface area contributed by atoms with Crippen molar-refractivity contribution in [3.05, 3.63) is 64.8 Å². The molecule has 0 bridgehead atoms. The lowest BCUT2D eigenvalue weighted by Crippen LogP contribution is -2.33. The molecule has 0 spiro atoms. The van der Waals surface area contributed by atoms with Crippen molar-refractivity contribution in [3.8, 4) is 11.1 Å². The quantitative estimate of drug-likeness (QED) is 0.721. The maximum Gasteiger partial charge on any atom is 0.200 e. The zero-order chi connectivity index (χ0) is 17.2. The van der Waals surface area contributed by atoms with Gasteiger partial charge in [0.25, 0.3) is 0 Å². The highest BCUT2D eigenvalue weighted by atomic mass is 16.5. The van der Waals surface area contributed by atoms with Crippen LogP contribution in [0.3, 0.4) is 0 Å². The number of hydrogen-bond acceptors (Lipinski definition) is 4. The molecule has 4 rings (SSSR count). The first-order valence-electron chi connectivity index (χ1n) is 8.66. The smallest absolute Gasteiger partial charge is 0.200 e. The van der Waals surface area contributed by atoms with Gasteiger partial charge in [-0.25, -0.2) is 0 Å². The zero-order valence-corrected chi connectivity index (χ0v) is 14.3. The van der Waals surface area contributed by atoms with E-state index in [1.807, 2.05) is 48.5 Å². The molecule has 1 aliphatic heterocycles. The van der Waals surface area contributed by atoms with E-state index in [-0.39, 0.29) is 11.5 Å². The van der Waals surface area contributed by atoms with Crippen LogP contribution in [-0.4, -0.2) is 26.3 Å². The van der Waals surface area contributed by atoms with Crippen LogP contribution in [0, 0.1) is 0 Å². The van der Waals surface area contributed by atoms with Gasteiger partial charge in [-0.15, -0.1) is 0 Å². The summed E-state index contributed by atoms with van der Waals surface area (Å²) in [6.45, 7) is 1.53. The predicted octanol–water partition coefficient (Wildman–Crippen LogP) is 4.08. The van der Waals surface area contributed by atoms with Crippen LogP contribution in [0.15, 0.2) is 63.8 Å². The van der Waals surface area contributed by atoms with Crippen molar-refractivity contribution in [2.75, 3.05) is 25.2 Å². The molecule has 0 radical (unpaired) electrons. The van der Waals surface area contributed by atoms with E-state index in [4.69, 9.17) is 9.15 Å². The average molecular weight is 335 g/mol. The van der Waals surface area contributed by atoms with Crippen LogP contribution >= 0.6 is 0 Å². The third-order valence-electron chi connectivity index (χ3n) is 4.85. The second kappa shape index (κ2) is 6.73. The number of methoxy groups -OCH3 is 1. The van der Waals surface area contributed by atoms with Gasteiger partial charge >= 0.3 is 0 Å². The fourth-order valence-electron chi connectivity index (χ4n) is 3.64. The Morgan fingerprint density at radius 3 is 2.80 bits per heavy atom. The highest BCUT2D eigenvalue weighted by molar-refractivity contribution is 5.92. The van der Waals surface area contributed by atoms with Gasteiger partial charge in [0.1, 0.15) is 5.58 Å². The Labute approximate surface area is 146 Å². The molecule has 1 atom stereocenters. The Balaban J connectivity index is 1.87. The first-order valence-corrected chi connectivity index (χ1v) is 8.66. The molecule has 2 heterocycles. The maximum atomic E-state index is 12.7. The molecule has 4 heteroatoms. The molecule has 0 saturated carbocycles. The Kier molecular flexibility index (Phi) is 4.28. The minimum absolute atomic E-state index is 0.00269. The van der Waals surface area contributed by atoms with Crippen molar-refractivity contribution in [2.45, 2.75) is 18.9 Å². The molecule has 0 aliphatic carbocycles. The molecule has 1 fully saturated rings. The van der Waals surface area contributed by atoms with Crippen molar-refractivity contribution < 1.29 is 9.15 Å². The molecule has 1 aliphatic rings. The molecular weight excluding hydrogens is 314 g/mol. The monoisotopic (exact) mass is 335 g/mol. The lowest BCUT2D eigenvalue weighted by atomic mass is 10.0. The molecule has 1 aromatic heterocycles. The number of para-hydroxylation sites is 1. The second-order valence-electron chi connectivity index (χ2n) is 6.44. The molecule has 0 N–H and O–H groups in total. The predicted molar refractivity (Wildman–Crippen MR) is 100 cm³/mol. The van der Waals surface area contributed by atoms with E-state index in [1.54, 1.807) is 13.2 Å². The van der Waals surface area contributed by atoms with Crippen molar-refractivity contribution in [3.63, 3.8) is 0 Å². The summed E-state index contributed by atoms with van der Waals surface area (Å²) in [5.74, 6) is 0.639. The minimum Gasteiger partial charge on any atom is -0.440 e. The number of hydrogen-bond donors (Lipinski definition) is 0. The fourth-order valence-corrected chi connectivity index (χ4v) is 3.64. The molecule has 128 valence electrons. The SMILES string of the molecule is COCC1CCCN1c1cc(=O)c2cccc(-c3ccccc3)c2o1. The summed E-state index contributed by atoms with van der Waals surface area (Å²) in [7, 11) is 1.71. The van der Waals surface area contributed by atoms with Crippen molar-refractivity contribution >= 4 is 16.9 Å². The molecule has 25 heavy (non-hydrogen) atoms. The van der Waals surface area contributed by atoms with Gasteiger partial charge < -0.3 is 14.1 Å². The van der Waals surface area contributed by atoms with Crippen molar-refractivity contribution in [1.29, 1.82) is 0 Å². The van der Waals surface area contributed by atoms with Gasteiger partial charge in [0.2, 0.25) is 0 Å². The van der Waals surface area contributed by atoms with Gasteiger partial charge in [0, 0.05) is 25.3 Å². The molecule has 4 nitrogen and oxygen atoms in total. The first-order chi connectivity index (χ1) is 12.3. The van der Waals surface area contributed by atoms with E-state index in [1.165, 1.54) is 0 Å². The molecule has 1 saturated heterocycles. The number of fused-ring (bicyclic) bond motifs is 1. The Hall–Kier alpha value is -2.59. The van der Waals surface area contributed by atoms with Crippen LogP contribution in [0.5, 0.6) is 0 Å². The largest absolute Gasteiger partial charge is 0.440 e. The third-order valence-corrected chi connectivity index (χ3v) is 4.85. The standard InChI is InChI=1S/C21H21NO3/c1-24-14-16-9-6-12-22(16)20-13-19(23)18-11-5-10-17(21(18)25-20)15-7-3-2-4-8-15/h2-5,7-8,10-11,13,16H,6,9,12,14H2,1H3. The number of rotatable bonds is 4. The molecule has 1 unspecified atom stereocenters. The van der Waals surface area contributed by atoms with Gasteiger partial charge in [-0.3, -0.25) is 4.79 Å². The summed E-state index contributed by atoms with van der Waals surface area (Å²) in [5, 5.41) is 0.618. The summed E-state index contributed by atoms with van der Waals surface area (Å²) in [6.07, 6.45) is 2.13. The summed E-state index contributed by atoms with van der Waals surface area (Å²) in [6, 6.07) is 17.6. The van der Waals surface area contributed by atoms with E-state index < -0.39 is 0 Å². The summed E-state index contributed by atoms with van der Waals surface area (Å²) < 4.78 is 11.6. The highest BCUT2D eigenvalue weighted by Gasteiger charge is 2.27. The molecule has 2 aromatic carbocycles. The number of anilines is 1. The Bertz CT molecular complexity index is 933. The van der Waals surface area contributed by atoms with Gasteiger partial charge in [-0.2, -0.15) is 0 Å². The summed E-state index contributed by atoms with van der Waals surface area (Å²) >= 11 is 0.